The van der Waals surface area contributed by atoms with Gasteiger partial charge in [0.1, 0.15) is 0 Å². The molecule has 0 bridgehead atoms. The lowest BCUT2D eigenvalue weighted by Crippen LogP contribution is -2.66. The van der Waals surface area contributed by atoms with Gasteiger partial charge in [-0.15, -0.1) is 0 Å². The highest BCUT2D eigenvalue weighted by Crippen LogP contribution is 2.58. The Bertz CT molecular complexity index is 531. The third-order valence-electron chi connectivity index (χ3n) is 7.59. The van der Waals surface area contributed by atoms with E-state index in [-0.39, 0.29) is 17.3 Å². The Morgan fingerprint density at radius 1 is 1.00 bits per heavy atom. The maximum absolute atomic E-state index is 12.6. The molecule has 4 heteroatoms. The van der Waals surface area contributed by atoms with E-state index in [1.54, 1.807) is 0 Å². The number of likely N-dealkylation sites (tertiary alicyclic amines) is 1. The maximum atomic E-state index is 12.6. The zero-order valence-corrected chi connectivity index (χ0v) is 13.9. The minimum atomic E-state index is -0.0776. The molecule has 2 spiro atoms. The molecule has 0 unspecified atom stereocenters. The summed E-state index contributed by atoms with van der Waals surface area (Å²) >= 11 is 0. The van der Waals surface area contributed by atoms with Gasteiger partial charge in [-0.2, -0.15) is 0 Å². The summed E-state index contributed by atoms with van der Waals surface area (Å²) in [6.07, 6.45) is 10.8. The monoisotopic (exact) mass is 317 g/mol. The van der Waals surface area contributed by atoms with Gasteiger partial charge < -0.3 is 9.64 Å². The van der Waals surface area contributed by atoms with E-state index in [2.05, 4.69) is 4.90 Å². The number of esters is 1. The Morgan fingerprint density at radius 2 is 1.70 bits per heavy atom. The molecule has 126 valence electrons. The Balaban J connectivity index is 1.09. The van der Waals surface area contributed by atoms with Crippen molar-refractivity contribution in [2.45, 2.75) is 57.8 Å². The van der Waals surface area contributed by atoms with Gasteiger partial charge in [-0.05, 0) is 37.5 Å². The number of amides is 1. The lowest BCUT2D eigenvalue weighted by atomic mass is 9.54. The molecule has 3 saturated carbocycles. The van der Waals surface area contributed by atoms with E-state index < -0.39 is 0 Å². The van der Waals surface area contributed by atoms with Crippen LogP contribution in [-0.4, -0.2) is 36.5 Å². The summed E-state index contributed by atoms with van der Waals surface area (Å²) in [4.78, 5) is 26.0. The number of carbonyl (C=O) groups is 2. The van der Waals surface area contributed by atoms with E-state index in [9.17, 15) is 9.59 Å². The normalized spacial score (nSPS) is 32.7. The van der Waals surface area contributed by atoms with Gasteiger partial charge >= 0.3 is 5.97 Å². The number of cyclic esters (lactones) is 1. The molecule has 2 aliphatic heterocycles. The molecule has 2 saturated heterocycles. The summed E-state index contributed by atoms with van der Waals surface area (Å²) in [5, 5.41) is 0. The fourth-order valence-corrected chi connectivity index (χ4v) is 6.31. The molecule has 5 rings (SSSR count). The van der Waals surface area contributed by atoms with Gasteiger partial charge in [-0.3, -0.25) is 9.59 Å². The molecule has 3 aliphatic carbocycles. The zero-order chi connectivity index (χ0) is 15.7. The van der Waals surface area contributed by atoms with Gasteiger partial charge in [-0.25, -0.2) is 0 Å². The molecule has 0 aromatic carbocycles. The van der Waals surface area contributed by atoms with Gasteiger partial charge in [0.05, 0.1) is 13.0 Å². The summed E-state index contributed by atoms with van der Waals surface area (Å²) in [6, 6.07) is 0. The zero-order valence-electron chi connectivity index (χ0n) is 13.9. The van der Waals surface area contributed by atoms with Crippen LogP contribution in [0.25, 0.3) is 0 Å². The first kappa shape index (κ1) is 14.3. The van der Waals surface area contributed by atoms with Crippen LogP contribution in [-0.2, 0) is 14.3 Å². The summed E-state index contributed by atoms with van der Waals surface area (Å²) in [5.74, 6) is 2.39. The van der Waals surface area contributed by atoms with Crippen LogP contribution in [0.5, 0.6) is 0 Å². The van der Waals surface area contributed by atoms with Crippen molar-refractivity contribution in [3.63, 3.8) is 0 Å². The topological polar surface area (TPSA) is 46.6 Å². The van der Waals surface area contributed by atoms with E-state index in [0.717, 1.165) is 37.8 Å². The molecular weight excluding hydrogens is 290 g/mol. The quantitative estimate of drug-likeness (QED) is 0.736. The molecule has 0 aromatic rings. The fourth-order valence-electron chi connectivity index (χ4n) is 6.31. The third-order valence-corrected chi connectivity index (χ3v) is 7.59. The van der Waals surface area contributed by atoms with Crippen molar-refractivity contribution in [3.8, 4) is 0 Å². The van der Waals surface area contributed by atoms with Crippen molar-refractivity contribution in [1.82, 2.24) is 4.90 Å². The van der Waals surface area contributed by atoms with E-state index in [1.165, 1.54) is 38.5 Å². The van der Waals surface area contributed by atoms with Crippen LogP contribution in [0.2, 0.25) is 0 Å². The first-order valence-electron chi connectivity index (χ1n) is 9.51. The average Bonchev–Trinajstić information content (AvgIpc) is 3.02. The van der Waals surface area contributed by atoms with Crippen LogP contribution in [0, 0.1) is 28.6 Å². The predicted octanol–water partition coefficient (Wildman–Crippen LogP) is 2.76. The van der Waals surface area contributed by atoms with Crippen LogP contribution < -0.4 is 0 Å². The van der Waals surface area contributed by atoms with Crippen LogP contribution in [0.4, 0.5) is 0 Å². The van der Waals surface area contributed by atoms with Crippen molar-refractivity contribution in [2.24, 2.45) is 28.6 Å². The average molecular weight is 317 g/mol. The molecule has 2 heterocycles. The Hall–Kier alpha value is -1.06. The molecule has 5 fully saturated rings. The lowest BCUT2D eigenvalue weighted by molar-refractivity contribution is -0.169. The lowest BCUT2D eigenvalue weighted by Gasteiger charge is -2.61. The highest BCUT2D eigenvalue weighted by molar-refractivity contribution is 5.82. The molecule has 0 atom stereocenters. The summed E-state index contributed by atoms with van der Waals surface area (Å²) in [5.41, 5.74) is 0.515. The van der Waals surface area contributed by atoms with Crippen molar-refractivity contribution in [2.75, 3.05) is 19.7 Å². The number of hydrogen-bond acceptors (Lipinski definition) is 3. The van der Waals surface area contributed by atoms with E-state index in [1.807, 2.05) is 0 Å². The Kier molecular flexibility index (Phi) is 2.94. The minimum Gasteiger partial charge on any atom is -0.465 e. The maximum Gasteiger partial charge on any atom is 0.306 e. The largest absolute Gasteiger partial charge is 0.465 e. The van der Waals surface area contributed by atoms with Gasteiger partial charge in [-0.1, -0.05) is 25.7 Å². The molecule has 5 aliphatic rings. The second-order valence-corrected chi connectivity index (χ2v) is 9.35. The second kappa shape index (κ2) is 4.73. The van der Waals surface area contributed by atoms with Crippen LogP contribution in [0.1, 0.15) is 57.8 Å². The van der Waals surface area contributed by atoms with Crippen LogP contribution in [0.15, 0.2) is 0 Å². The highest BCUT2D eigenvalue weighted by Gasteiger charge is 2.58. The van der Waals surface area contributed by atoms with Crippen LogP contribution >= 0.6 is 0 Å². The molecule has 1 amide bonds. The number of nitrogens with zero attached hydrogens (tertiary/aromatic N) is 1. The van der Waals surface area contributed by atoms with Crippen LogP contribution in [0.3, 0.4) is 0 Å². The van der Waals surface area contributed by atoms with Crippen molar-refractivity contribution >= 4 is 11.9 Å². The number of ether oxygens (including phenoxy) is 1. The fraction of sp³-hybridized carbons (Fsp3) is 0.895. The third kappa shape index (κ3) is 2.16. The molecule has 0 aromatic heterocycles. The molecular formula is C19H27NO3. The van der Waals surface area contributed by atoms with Gasteiger partial charge in [0.25, 0.3) is 0 Å². The molecule has 0 N–H and O–H groups in total. The van der Waals surface area contributed by atoms with Gasteiger partial charge in [0, 0.05) is 29.8 Å². The molecule has 23 heavy (non-hydrogen) atoms. The SMILES string of the molecule is O=C1CC2(CO1)CC(C(=O)N1CC3(CC(C4CCCC4)C3)C1)C2. The smallest absolute Gasteiger partial charge is 0.306 e. The van der Waals surface area contributed by atoms with E-state index >= 15 is 0 Å². The van der Waals surface area contributed by atoms with Gasteiger partial charge in [0.2, 0.25) is 5.91 Å². The van der Waals surface area contributed by atoms with Crippen molar-refractivity contribution < 1.29 is 14.3 Å². The van der Waals surface area contributed by atoms with Gasteiger partial charge in [0.15, 0.2) is 0 Å². The highest BCUT2D eigenvalue weighted by atomic mass is 16.5. The van der Waals surface area contributed by atoms with Crippen molar-refractivity contribution in [3.05, 3.63) is 0 Å². The Morgan fingerprint density at radius 3 is 2.30 bits per heavy atom. The first-order chi connectivity index (χ1) is 11.1. The molecule has 0 radical (unpaired) electrons. The Labute approximate surface area is 137 Å². The predicted molar refractivity (Wildman–Crippen MR) is 84.4 cm³/mol. The van der Waals surface area contributed by atoms with E-state index in [0.29, 0.717) is 24.3 Å². The standard InChI is InChI=1S/C19H27NO3/c21-16-9-18(12-23-16)7-15(8-18)17(22)20-10-19(11-20)5-14(6-19)13-3-1-2-4-13/h13-15H,1-12H2. The van der Waals surface area contributed by atoms with E-state index in [4.69, 9.17) is 4.74 Å². The first-order valence-corrected chi connectivity index (χ1v) is 9.51. The number of carbonyl (C=O) groups excluding carboxylic acids is 2. The summed E-state index contributed by atoms with van der Waals surface area (Å²) in [6.45, 7) is 2.56. The summed E-state index contributed by atoms with van der Waals surface area (Å²) < 4.78 is 5.10. The second-order valence-electron chi connectivity index (χ2n) is 9.35. The molecule has 4 nitrogen and oxygen atoms in total. The summed E-state index contributed by atoms with van der Waals surface area (Å²) in [7, 11) is 0. The number of hydrogen-bond donors (Lipinski definition) is 0. The van der Waals surface area contributed by atoms with Crippen molar-refractivity contribution in [1.29, 1.82) is 0 Å². The number of rotatable bonds is 2. The minimum absolute atomic E-state index is 0.0179.